The number of rotatable bonds is 7. The van der Waals surface area contributed by atoms with Crippen molar-refractivity contribution in [2.24, 2.45) is 0 Å². The molecule has 0 spiro atoms. The Morgan fingerprint density at radius 2 is 2.00 bits per heavy atom. The van der Waals surface area contributed by atoms with E-state index >= 15 is 0 Å². The van der Waals surface area contributed by atoms with Crippen LogP contribution in [0.2, 0.25) is 0 Å². The minimum Gasteiger partial charge on any atom is -0.312 e. The van der Waals surface area contributed by atoms with Gasteiger partial charge in [-0.15, -0.1) is 11.3 Å². The molecule has 0 bridgehead atoms. The fourth-order valence-corrected chi connectivity index (χ4v) is 2.80. The van der Waals surface area contributed by atoms with Gasteiger partial charge < -0.3 is 10.2 Å². The van der Waals surface area contributed by atoms with E-state index in [1.165, 1.54) is 17.7 Å². The zero-order valence-electron chi connectivity index (χ0n) is 10.9. The maximum absolute atomic E-state index is 3.65. The Morgan fingerprint density at radius 3 is 2.44 bits per heavy atom. The van der Waals surface area contributed by atoms with Gasteiger partial charge in [0.2, 0.25) is 0 Å². The Morgan fingerprint density at radius 1 is 1.31 bits per heavy atom. The molecule has 1 unspecified atom stereocenters. The molecule has 92 valence electrons. The van der Waals surface area contributed by atoms with E-state index in [1.54, 1.807) is 0 Å². The number of hydrogen-bond donors (Lipinski definition) is 1. The van der Waals surface area contributed by atoms with Crippen molar-refractivity contribution >= 4 is 11.3 Å². The van der Waals surface area contributed by atoms with Gasteiger partial charge in [-0.3, -0.25) is 0 Å². The lowest BCUT2D eigenvalue weighted by atomic mass is 10.1. The fourth-order valence-electron chi connectivity index (χ4n) is 1.87. The second-order valence-corrected chi connectivity index (χ2v) is 5.40. The van der Waals surface area contributed by atoms with Crippen molar-refractivity contribution in [2.75, 3.05) is 20.6 Å². The molecule has 0 aliphatic carbocycles. The highest BCUT2D eigenvalue weighted by molar-refractivity contribution is 7.10. The molecule has 0 saturated heterocycles. The lowest BCUT2D eigenvalue weighted by molar-refractivity contribution is 0.280. The van der Waals surface area contributed by atoms with E-state index in [4.69, 9.17) is 0 Å². The first-order valence-corrected chi connectivity index (χ1v) is 7.00. The van der Waals surface area contributed by atoms with Crippen LogP contribution in [0.4, 0.5) is 0 Å². The van der Waals surface area contributed by atoms with E-state index in [9.17, 15) is 0 Å². The first-order valence-electron chi connectivity index (χ1n) is 6.12. The third kappa shape index (κ3) is 3.89. The molecule has 0 aromatic carbocycles. The quantitative estimate of drug-likeness (QED) is 0.788. The summed E-state index contributed by atoms with van der Waals surface area (Å²) in [7, 11) is 4.30. The third-order valence-corrected chi connectivity index (χ3v) is 4.05. The van der Waals surface area contributed by atoms with Crippen molar-refractivity contribution in [3.8, 4) is 0 Å². The first-order chi connectivity index (χ1) is 7.69. The van der Waals surface area contributed by atoms with Gasteiger partial charge in [0.25, 0.3) is 0 Å². The summed E-state index contributed by atoms with van der Waals surface area (Å²) in [4.78, 5) is 3.74. The van der Waals surface area contributed by atoms with E-state index in [0.29, 0.717) is 12.1 Å². The average Bonchev–Trinajstić information content (AvgIpc) is 2.77. The van der Waals surface area contributed by atoms with Gasteiger partial charge in [-0.1, -0.05) is 19.9 Å². The second kappa shape index (κ2) is 7.05. The standard InChI is InChI=1S/C13H24N2S/c1-5-11(6-2)14-10-12(15(3)4)13-8-7-9-16-13/h7-9,11-12,14H,5-6,10H2,1-4H3. The molecule has 0 amide bonds. The van der Waals surface area contributed by atoms with Crippen molar-refractivity contribution in [1.29, 1.82) is 0 Å². The van der Waals surface area contributed by atoms with Crippen molar-refractivity contribution in [3.05, 3.63) is 22.4 Å². The molecule has 0 aliphatic heterocycles. The molecule has 1 atom stereocenters. The molecule has 2 nitrogen and oxygen atoms in total. The Hall–Kier alpha value is -0.380. The molecule has 16 heavy (non-hydrogen) atoms. The van der Waals surface area contributed by atoms with Gasteiger partial charge in [0.15, 0.2) is 0 Å². The molecule has 1 heterocycles. The Balaban J connectivity index is 2.53. The highest BCUT2D eigenvalue weighted by Crippen LogP contribution is 2.22. The van der Waals surface area contributed by atoms with Gasteiger partial charge in [-0.05, 0) is 38.4 Å². The summed E-state index contributed by atoms with van der Waals surface area (Å²) in [5.41, 5.74) is 0. The van der Waals surface area contributed by atoms with Crippen molar-refractivity contribution < 1.29 is 0 Å². The molecule has 0 aliphatic rings. The van der Waals surface area contributed by atoms with Gasteiger partial charge >= 0.3 is 0 Å². The summed E-state index contributed by atoms with van der Waals surface area (Å²) in [6.07, 6.45) is 2.42. The van der Waals surface area contributed by atoms with Crippen LogP contribution in [0.15, 0.2) is 17.5 Å². The summed E-state index contributed by atoms with van der Waals surface area (Å²) in [5.74, 6) is 0. The summed E-state index contributed by atoms with van der Waals surface area (Å²) < 4.78 is 0. The van der Waals surface area contributed by atoms with Crippen LogP contribution < -0.4 is 5.32 Å². The van der Waals surface area contributed by atoms with Crippen LogP contribution in [-0.4, -0.2) is 31.6 Å². The van der Waals surface area contributed by atoms with Crippen LogP contribution in [-0.2, 0) is 0 Å². The minimum absolute atomic E-state index is 0.501. The number of likely N-dealkylation sites (N-methyl/N-ethyl adjacent to an activating group) is 1. The second-order valence-electron chi connectivity index (χ2n) is 4.42. The van der Waals surface area contributed by atoms with E-state index in [1.807, 2.05) is 11.3 Å². The van der Waals surface area contributed by atoms with Gasteiger partial charge in [0, 0.05) is 17.5 Å². The molecule has 1 rings (SSSR count). The Bertz CT molecular complexity index is 265. The molecular weight excluding hydrogens is 216 g/mol. The zero-order chi connectivity index (χ0) is 12.0. The lowest BCUT2D eigenvalue weighted by Gasteiger charge is -2.26. The van der Waals surface area contributed by atoms with Gasteiger partial charge in [-0.25, -0.2) is 0 Å². The van der Waals surface area contributed by atoms with Gasteiger partial charge in [0.1, 0.15) is 0 Å². The van der Waals surface area contributed by atoms with Crippen molar-refractivity contribution in [2.45, 2.75) is 38.8 Å². The topological polar surface area (TPSA) is 15.3 Å². The van der Waals surface area contributed by atoms with Crippen molar-refractivity contribution in [1.82, 2.24) is 10.2 Å². The molecule has 1 N–H and O–H groups in total. The number of thiophene rings is 1. The number of nitrogens with one attached hydrogen (secondary N) is 1. The zero-order valence-corrected chi connectivity index (χ0v) is 11.7. The smallest absolute Gasteiger partial charge is 0.0561 e. The maximum atomic E-state index is 3.65. The third-order valence-electron chi connectivity index (χ3n) is 3.08. The number of hydrogen-bond acceptors (Lipinski definition) is 3. The van der Waals surface area contributed by atoms with Crippen LogP contribution in [0.1, 0.15) is 37.6 Å². The maximum Gasteiger partial charge on any atom is 0.0561 e. The molecule has 0 radical (unpaired) electrons. The normalized spacial score (nSPS) is 13.6. The highest BCUT2D eigenvalue weighted by atomic mass is 32.1. The van der Waals surface area contributed by atoms with Gasteiger partial charge in [-0.2, -0.15) is 0 Å². The average molecular weight is 240 g/mol. The van der Waals surface area contributed by atoms with E-state index < -0.39 is 0 Å². The van der Waals surface area contributed by atoms with Crippen LogP contribution in [0.5, 0.6) is 0 Å². The summed E-state index contributed by atoms with van der Waals surface area (Å²) in [6.45, 7) is 5.54. The van der Waals surface area contributed by atoms with Crippen LogP contribution in [0.25, 0.3) is 0 Å². The number of nitrogens with zero attached hydrogens (tertiary/aromatic N) is 1. The lowest BCUT2D eigenvalue weighted by Crippen LogP contribution is -2.36. The molecule has 3 heteroatoms. The highest BCUT2D eigenvalue weighted by Gasteiger charge is 2.15. The van der Waals surface area contributed by atoms with Crippen LogP contribution >= 0.6 is 11.3 Å². The molecule has 1 aromatic heterocycles. The van der Waals surface area contributed by atoms with E-state index in [0.717, 1.165) is 6.54 Å². The molecule has 0 fully saturated rings. The molecule has 1 aromatic rings. The SMILES string of the molecule is CCC(CC)NCC(c1cccs1)N(C)C. The monoisotopic (exact) mass is 240 g/mol. The molecular formula is C13H24N2S. The van der Waals surface area contributed by atoms with Gasteiger partial charge in [0.05, 0.1) is 6.04 Å². The Kier molecular flexibility index (Phi) is 6.03. The predicted molar refractivity (Wildman–Crippen MR) is 73.1 cm³/mol. The van der Waals surface area contributed by atoms with Crippen molar-refractivity contribution in [3.63, 3.8) is 0 Å². The first kappa shape index (κ1) is 13.7. The van der Waals surface area contributed by atoms with Crippen LogP contribution in [0, 0.1) is 0 Å². The fraction of sp³-hybridized carbons (Fsp3) is 0.692. The van der Waals surface area contributed by atoms with E-state index in [2.05, 4.69) is 55.7 Å². The summed E-state index contributed by atoms with van der Waals surface area (Å²) in [6, 6.07) is 5.51. The summed E-state index contributed by atoms with van der Waals surface area (Å²) >= 11 is 1.84. The molecule has 0 saturated carbocycles. The minimum atomic E-state index is 0.501. The van der Waals surface area contributed by atoms with E-state index in [-0.39, 0.29) is 0 Å². The summed E-state index contributed by atoms with van der Waals surface area (Å²) in [5, 5.41) is 5.81. The van der Waals surface area contributed by atoms with Crippen LogP contribution in [0.3, 0.4) is 0 Å². The largest absolute Gasteiger partial charge is 0.312 e. The Labute approximate surface area is 104 Å². The predicted octanol–water partition coefficient (Wildman–Crippen LogP) is 3.13.